The van der Waals surface area contributed by atoms with Gasteiger partial charge in [0.2, 0.25) is 0 Å². The second-order valence-corrected chi connectivity index (χ2v) is 5.40. The Balaban J connectivity index is 2.21. The molecule has 16 heavy (non-hydrogen) atoms. The first-order chi connectivity index (χ1) is 7.86. The molecule has 1 aromatic rings. The van der Waals surface area contributed by atoms with Gasteiger partial charge in [0.1, 0.15) is 0 Å². The lowest BCUT2D eigenvalue weighted by molar-refractivity contribution is 0.445. The Kier molecular flexibility index (Phi) is 7.52. The highest BCUT2D eigenvalue weighted by Gasteiger charge is 2.07. The zero-order valence-corrected chi connectivity index (χ0v) is 11.5. The van der Waals surface area contributed by atoms with Crippen LogP contribution in [-0.4, -0.2) is 12.6 Å². The van der Waals surface area contributed by atoms with Gasteiger partial charge in [-0.2, -0.15) is 0 Å². The summed E-state index contributed by atoms with van der Waals surface area (Å²) in [6.07, 6.45) is 7.94. The molecule has 0 aromatic carbocycles. The molecule has 0 spiro atoms. The predicted octanol–water partition coefficient (Wildman–Crippen LogP) is 4.24. The van der Waals surface area contributed by atoms with Crippen molar-refractivity contribution < 1.29 is 0 Å². The molecule has 0 aliphatic rings. The summed E-state index contributed by atoms with van der Waals surface area (Å²) >= 11 is 1.88. The highest BCUT2D eigenvalue weighted by molar-refractivity contribution is 7.09. The van der Waals surface area contributed by atoms with Gasteiger partial charge in [-0.15, -0.1) is 11.3 Å². The number of aryl methyl sites for hydroxylation is 1. The lowest BCUT2D eigenvalue weighted by Crippen LogP contribution is -2.29. The molecule has 1 N–H and O–H groups in total. The fourth-order valence-corrected chi connectivity index (χ4v) is 2.77. The van der Waals surface area contributed by atoms with Crippen molar-refractivity contribution in [3.63, 3.8) is 0 Å². The summed E-state index contributed by atoms with van der Waals surface area (Å²) in [4.78, 5) is 1.53. The molecule has 0 saturated heterocycles. The molecule has 0 saturated carbocycles. The number of hydrogen-bond acceptors (Lipinski definition) is 2. The van der Waals surface area contributed by atoms with Crippen LogP contribution in [-0.2, 0) is 6.42 Å². The van der Waals surface area contributed by atoms with Crippen molar-refractivity contribution in [2.45, 2.75) is 58.4 Å². The fourth-order valence-electron chi connectivity index (χ4n) is 2.05. The second kappa shape index (κ2) is 8.77. The molecule has 0 aliphatic heterocycles. The smallest absolute Gasteiger partial charge is 0.00704 e. The van der Waals surface area contributed by atoms with Crippen LogP contribution in [0.5, 0.6) is 0 Å². The average Bonchev–Trinajstić information content (AvgIpc) is 2.79. The summed E-state index contributed by atoms with van der Waals surface area (Å²) in [5.41, 5.74) is 0. The molecule has 0 fully saturated rings. The van der Waals surface area contributed by atoms with Gasteiger partial charge in [-0.05, 0) is 37.3 Å². The predicted molar refractivity (Wildman–Crippen MR) is 74.2 cm³/mol. The van der Waals surface area contributed by atoms with E-state index in [4.69, 9.17) is 0 Å². The molecular weight excluding hydrogens is 214 g/mol. The van der Waals surface area contributed by atoms with E-state index in [1.165, 1.54) is 43.4 Å². The maximum atomic E-state index is 3.61. The summed E-state index contributed by atoms with van der Waals surface area (Å²) in [6.45, 7) is 5.58. The van der Waals surface area contributed by atoms with E-state index >= 15 is 0 Å². The number of rotatable bonds is 9. The van der Waals surface area contributed by atoms with Crippen LogP contribution in [0.25, 0.3) is 0 Å². The Morgan fingerprint density at radius 3 is 2.75 bits per heavy atom. The van der Waals surface area contributed by atoms with E-state index < -0.39 is 0 Å². The van der Waals surface area contributed by atoms with Gasteiger partial charge >= 0.3 is 0 Å². The van der Waals surface area contributed by atoms with Gasteiger partial charge in [0.15, 0.2) is 0 Å². The largest absolute Gasteiger partial charge is 0.314 e. The normalized spacial score (nSPS) is 12.9. The summed E-state index contributed by atoms with van der Waals surface area (Å²) in [5.74, 6) is 0. The molecule has 0 aliphatic carbocycles. The van der Waals surface area contributed by atoms with E-state index in [0.717, 1.165) is 12.6 Å². The van der Waals surface area contributed by atoms with Crippen LogP contribution in [0.4, 0.5) is 0 Å². The van der Waals surface area contributed by atoms with Crippen LogP contribution in [0.15, 0.2) is 17.5 Å². The molecule has 1 aromatic heterocycles. The lowest BCUT2D eigenvalue weighted by Gasteiger charge is -2.17. The van der Waals surface area contributed by atoms with E-state index in [9.17, 15) is 0 Å². The monoisotopic (exact) mass is 239 g/mol. The topological polar surface area (TPSA) is 12.0 Å². The third-order valence-electron chi connectivity index (χ3n) is 2.97. The van der Waals surface area contributed by atoms with Crippen molar-refractivity contribution in [3.05, 3.63) is 22.4 Å². The fraction of sp³-hybridized carbons (Fsp3) is 0.714. The van der Waals surface area contributed by atoms with E-state index in [-0.39, 0.29) is 0 Å². The number of unbranched alkanes of at least 4 members (excludes halogenated alkanes) is 2. The molecule has 1 atom stereocenters. The number of thiophene rings is 1. The van der Waals surface area contributed by atoms with Gasteiger partial charge in [0.05, 0.1) is 0 Å². The van der Waals surface area contributed by atoms with Crippen LogP contribution in [0.2, 0.25) is 0 Å². The lowest BCUT2D eigenvalue weighted by atomic mass is 10.0. The molecule has 2 heteroatoms. The van der Waals surface area contributed by atoms with Gasteiger partial charge in [-0.25, -0.2) is 0 Å². The zero-order chi connectivity index (χ0) is 11.6. The van der Waals surface area contributed by atoms with Gasteiger partial charge in [-0.1, -0.05) is 39.2 Å². The summed E-state index contributed by atoms with van der Waals surface area (Å²) in [7, 11) is 0. The third kappa shape index (κ3) is 5.66. The van der Waals surface area contributed by atoms with Crippen LogP contribution in [0, 0.1) is 0 Å². The van der Waals surface area contributed by atoms with Crippen molar-refractivity contribution in [1.29, 1.82) is 0 Å². The summed E-state index contributed by atoms with van der Waals surface area (Å²) in [6, 6.07) is 5.12. The van der Waals surface area contributed by atoms with Crippen molar-refractivity contribution >= 4 is 11.3 Å². The van der Waals surface area contributed by atoms with E-state index in [2.05, 4.69) is 36.7 Å². The minimum Gasteiger partial charge on any atom is -0.314 e. The highest BCUT2D eigenvalue weighted by atomic mass is 32.1. The Hall–Kier alpha value is -0.340. The van der Waals surface area contributed by atoms with Crippen LogP contribution < -0.4 is 5.32 Å². The minimum atomic E-state index is 0.721. The van der Waals surface area contributed by atoms with Gasteiger partial charge in [0, 0.05) is 10.9 Å². The SMILES string of the molecule is CCCCCC(CCc1cccs1)NCC. The van der Waals surface area contributed by atoms with Crippen molar-refractivity contribution in [1.82, 2.24) is 5.32 Å². The van der Waals surface area contributed by atoms with Gasteiger partial charge in [0.25, 0.3) is 0 Å². The number of hydrogen-bond donors (Lipinski definition) is 1. The first kappa shape index (κ1) is 13.7. The molecular formula is C14H25NS. The standard InChI is InChI=1S/C14H25NS/c1-3-5-6-8-13(15-4-2)10-11-14-9-7-12-16-14/h7,9,12-13,15H,3-6,8,10-11H2,1-2H3. The molecule has 0 bridgehead atoms. The van der Waals surface area contributed by atoms with Crippen LogP contribution in [0.1, 0.15) is 50.8 Å². The Labute approximate surface area is 104 Å². The Morgan fingerprint density at radius 1 is 1.25 bits per heavy atom. The van der Waals surface area contributed by atoms with E-state index in [0.29, 0.717) is 0 Å². The summed E-state index contributed by atoms with van der Waals surface area (Å²) < 4.78 is 0. The minimum absolute atomic E-state index is 0.721. The van der Waals surface area contributed by atoms with Crippen molar-refractivity contribution in [2.24, 2.45) is 0 Å². The van der Waals surface area contributed by atoms with Crippen LogP contribution in [0.3, 0.4) is 0 Å². The third-order valence-corrected chi connectivity index (χ3v) is 3.90. The molecule has 92 valence electrons. The quantitative estimate of drug-likeness (QED) is 0.636. The maximum absolute atomic E-state index is 3.61. The number of nitrogens with one attached hydrogen (secondary N) is 1. The second-order valence-electron chi connectivity index (χ2n) is 4.37. The van der Waals surface area contributed by atoms with Gasteiger partial charge in [-0.3, -0.25) is 0 Å². The molecule has 1 nitrogen and oxygen atoms in total. The van der Waals surface area contributed by atoms with E-state index in [1.54, 1.807) is 0 Å². The highest BCUT2D eigenvalue weighted by Crippen LogP contribution is 2.14. The maximum Gasteiger partial charge on any atom is 0.00704 e. The van der Waals surface area contributed by atoms with Crippen molar-refractivity contribution in [2.75, 3.05) is 6.54 Å². The molecule has 0 amide bonds. The Bertz CT molecular complexity index is 243. The van der Waals surface area contributed by atoms with Gasteiger partial charge < -0.3 is 5.32 Å². The zero-order valence-electron chi connectivity index (χ0n) is 10.7. The first-order valence-corrected chi connectivity index (χ1v) is 7.50. The Morgan fingerprint density at radius 2 is 2.12 bits per heavy atom. The van der Waals surface area contributed by atoms with Crippen LogP contribution >= 0.6 is 11.3 Å². The first-order valence-electron chi connectivity index (χ1n) is 6.62. The molecule has 1 heterocycles. The molecule has 1 unspecified atom stereocenters. The van der Waals surface area contributed by atoms with Crippen molar-refractivity contribution in [3.8, 4) is 0 Å². The molecule has 0 radical (unpaired) electrons. The van der Waals surface area contributed by atoms with E-state index in [1.807, 2.05) is 11.3 Å². The summed E-state index contributed by atoms with van der Waals surface area (Å²) in [5, 5.41) is 5.78. The molecule has 1 rings (SSSR count). The average molecular weight is 239 g/mol.